The standard InChI is InChI=1S/C35H37ClN2O3S.C14H18O3/c1-37-23-35(18-4-5-27-19-28(36)10-16-32(27)35)24-41-34-17-15-31(20-33(34)37)42-38(21-25-6-11-29(39-2)12-7-25)22-26-8-13-30(40-3)14-9-26;1-16-14(15)9-12-6-3-7-13(8-12)17-10-11-4-2-5-11/h6-17,19-20H,4-5,18,21-24H2,1-3H3;3,6-8,11H,2,4-5,9-10H2,1H3/t35-;/m0./s1. The third-order valence-electron chi connectivity index (χ3n) is 11.6. The molecule has 310 valence electrons. The molecule has 0 unspecified atom stereocenters. The zero-order valence-corrected chi connectivity index (χ0v) is 36.2. The fourth-order valence-corrected chi connectivity index (χ4v) is 9.34. The van der Waals surface area contributed by atoms with E-state index >= 15 is 0 Å². The van der Waals surface area contributed by atoms with E-state index in [9.17, 15) is 4.79 Å². The molecular weight excluding hydrogens is 780 g/mol. The lowest BCUT2D eigenvalue weighted by atomic mass is 9.70. The molecule has 3 aliphatic rings. The lowest BCUT2D eigenvalue weighted by Gasteiger charge is -2.39. The molecule has 0 aromatic heterocycles. The first-order valence-electron chi connectivity index (χ1n) is 20.5. The monoisotopic (exact) mass is 834 g/mol. The number of esters is 1. The van der Waals surface area contributed by atoms with Gasteiger partial charge in [0, 0.05) is 42.0 Å². The molecule has 1 aliphatic heterocycles. The number of carbonyl (C=O) groups excluding carboxylic acids is 1. The molecule has 5 aromatic carbocycles. The van der Waals surface area contributed by atoms with Crippen LogP contribution in [0.2, 0.25) is 5.02 Å². The maximum atomic E-state index is 11.2. The Kier molecular flexibility index (Phi) is 14.3. The second kappa shape index (κ2) is 19.9. The number of anilines is 1. The van der Waals surface area contributed by atoms with Crippen LogP contribution in [0.5, 0.6) is 23.0 Å². The summed E-state index contributed by atoms with van der Waals surface area (Å²) in [7, 11) is 6.99. The Hall–Kier alpha value is -4.83. The third kappa shape index (κ3) is 11.1. The van der Waals surface area contributed by atoms with E-state index in [-0.39, 0.29) is 11.4 Å². The van der Waals surface area contributed by atoms with Crippen LogP contribution >= 0.6 is 23.5 Å². The van der Waals surface area contributed by atoms with Crippen molar-refractivity contribution >= 4 is 35.2 Å². The van der Waals surface area contributed by atoms with Gasteiger partial charge in [-0.3, -0.25) is 4.79 Å². The van der Waals surface area contributed by atoms with Gasteiger partial charge in [-0.2, -0.15) is 0 Å². The van der Waals surface area contributed by atoms with Crippen molar-refractivity contribution in [2.45, 2.75) is 68.3 Å². The van der Waals surface area contributed by atoms with Crippen LogP contribution in [0, 0.1) is 5.92 Å². The highest BCUT2D eigenvalue weighted by atomic mass is 35.5. The lowest BCUT2D eigenvalue weighted by Crippen LogP contribution is -2.44. The first-order chi connectivity index (χ1) is 28.7. The number of likely N-dealkylation sites (N-methyl/N-ethyl adjacent to an activating group) is 1. The van der Waals surface area contributed by atoms with Gasteiger partial charge >= 0.3 is 5.97 Å². The van der Waals surface area contributed by atoms with Crippen molar-refractivity contribution in [1.82, 2.24) is 4.31 Å². The molecule has 0 bridgehead atoms. The number of aryl methyl sites for hydroxylation is 1. The van der Waals surface area contributed by atoms with Crippen LogP contribution in [-0.4, -0.2) is 58.4 Å². The number of fused-ring (bicyclic) bond motifs is 3. The van der Waals surface area contributed by atoms with Gasteiger partial charge in [0.15, 0.2) is 0 Å². The normalized spacial score (nSPS) is 17.0. The topological polar surface area (TPSA) is 69.7 Å². The van der Waals surface area contributed by atoms with Crippen LogP contribution in [0.3, 0.4) is 0 Å². The quantitative estimate of drug-likeness (QED) is 0.0852. The van der Waals surface area contributed by atoms with Gasteiger partial charge in [0.1, 0.15) is 23.0 Å². The second-order valence-electron chi connectivity index (χ2n) is 15.8. The van der Waals surface area contributed by atoms with Gasteiger partial charge in [-0.15, -0.1) is 0 Å². The molecular formula is C49H55ClN2O6S. The van der Waals surface area contributed by atoms with E-state index in [4.69, 9.17) is 30.5 Å². The molecule has 0 saturated heterocycles. The summed E-state index contributed by atoms with van der Waals surface area (Å²) in [4.78, 5) is 14.7. The highest BCUT2D eigenvalue weighted by Crippen LogP contribution is 2.45. The molecule has 1 saturated carbocycles. The van der Waals surface area contributed by atoms with Gasteiger partial charge in [-0.1, -0.05) is 60.5 Å². The summed E-state index contributed by atoms with van der Waals surface area (Å²) in [5, 5.41) is 0.812. The summed E-state index contributed by atoms with van der Waals surface area (Å²) >= 11 is 8.14. The van der Waals surface area contributed by atoms with Crippen molar-refractivity contribution in [3.05, 3.63) is 142 Å². The van der Waals surface area contributed by atoms with Crippen molar-refractivity contribution < 1.29 is 28.5 Å². The molecule has 1 fully saturated rings. The number of hydrogen-bond acceptors (Lipinski definition) is 9. The third-order valence-corrected chi connectivity index (χ3v) is 12.8. The minimum atomic E-state index is -0.221. The van der Waals surface area contributed by atoms with Gasteiger partial charge in [0.25, 0.3) is 0 Å². The summed E-state index contributed by atoms with van der Waals surface area (Å²) in [5.74, 6) is 4.02. The predicted octanol–water partition coefficient (Wildman–Crippen LogP) is 10.8. The molecule has 0 amide bonds. The molecule has 59 heavy (non-hydrogen) atoms. The van der Waals surface area contributed by atoms with Gasteiger partial charge in [0.2, 0.25) is 0 Å². The molecule has 5 aromatic rings. The predicted molar refractivity (Wildman–Crippen MR) is 237 cm³/mol. The van der Waals surface area contributed by atoms with E-state index in [1.807, 2.05) is 54.6 Å². The molecule has 0 radical (unpaired) electrons. The van der Waals surface area contributed by atoms with Gasteiger partial charge in [-0.05, 0) is 145 Å². The largest absolute Gasteiger partial charge is 0.497 e. The van der Waals surface area contributed by atoms with Crippen molar-refractivity contribution in [3.63, 3.8) is 0 Å². The Morgan fingerprint density at radius 1 is 0.831 bits per heavy atom. The zero-order chi connectivity index (χ0) is 41.2. The number of rotatable bonds is 13. The second-order valence-corrected chi connectivity index (χ2v) is 17.4. The van der Waals surface area contributed by atoms with Crippen molar-refractivity contribution in [2.24, 2.45) is 5.92 Å². The summed E-state index contributed by atoms with van der Waals surface area (Å²) in [6.45, 7) is 3.94. The fourth-order valence-electron chi connectivity index (χ4n) is 8.12. The maximum absolute atomic E-state index is 11.2. The van der Waals surface area contributed by atoms with Crippen molar-refractivity contribution in [2.75, 3.05) is 53.0 Å². The van der Waals surface area contributed by atoms with E-state index in [1.165, 1.54) is 53.5 Å². The summed E-state index contributed by atoms with van der Waals surface area (Å²) < 4.78 is 30.1. The maximum Gasteiger partial charge on any atom is 0.309 e. The molecule has 10 heteroatoms. The van der Waals surface area contributed by atoms with Crippen LogP contribution in [-0.2, 0) is 40.9 Å². The summed E-state index contributed by atoms with van der Waals surface area (Å²) in [6, 6.07) is 37.3. The van der Waals surface area contributed by atoms with E-state index < -0.39 is 0 Å². The SMILES string of the molecule is COC(=O)Cc1cccc(OCC2CCC2)c1.COc1ccc(CN(Cc2ccc(OC)cc2)Sc2ccc3c(c2)N(C)C[C@@]2(CCCc4cc(Cl)ccc42)CO3)cc1. The smallest absolute Gasteiger partial charge is 0.309 e. The number of halogens is 1. The number of benzene rings is 5. The zero-order valence-electron chi connectivity index (χ0n) is 34.6. The fraction of sp³-hybridized carbons (Fsp3) is 0.367. The van der Waals surface area contributed by atoms with Crippen molar-refractivity contribution in [1.29, 1.82) is 0 Å². The Morgan fingerprint density at radius 3 is 2.19 bits per heavy atom. The Morgan fingerprint density at radius 2 is 1.54 bits per heavy atom. The van der Waals surface area contributed by atoms with Gasteiger partial charge in [0.05, 0.1) is 46.7 Å². The number of nitrogens with zero attached hydrogens (tertiary/aromatic N) is 2. The molecule has 2 aliphatic carbocycles. The van der Waals surface area contributed by atoms with E-state index in [0.717, 1.165) is 90.7 Å². The lowest BCUT2D eigenvalue weighted by molar-refractivity contribution is -0.139. The first kappa shape index (κ1) is 42.3. The average Bonchev–Trinajstić information content (AvgIpc) is 3.36. The minimum absolute atomic E-state index is 0.0476. The molecule has 0 N–H and O–H groups in total. The molecule has 8 nitrogen and oxygen atoms in total. The van der Waals surface area contributed by atoms with Crippen LogP contribution in [0.15, 0.2) is 114 Å². The van der Waals surface area contributed by atoms with Crippen molar-refractivity contribution in [3.8, 4) is 23.0 Å². The van der Waals surface area contributed by atoms with E-state index in [0.29, 0.717) is 13.0 Å². The summed E-state index contributed by atoms with van der Waals surface area (Å²) in [6.07, 6.45) is 7.53. The molecule has 8 rings (SSSR count). The Balaban J connectivity index is 0.000000259. The Labute approximate surface area is 358 Å². The number of hydrogen-bond donors (Lipinski definition) is 0. The molecule has 1 heterocycles. The van der Waals surface area contributed by atoms with Crippen LogP contribution in [0.25, 0.3) is 0 Å². The highest BCUT2D eigenvalue weighted by Gasteiger charge is 2.41. The first-order valence-corrected chi connectivity index (χ1v) is 21.6. The van der Waals surface area contributed by atoms with Crippen LogP contribution in [0.1, 0.15) is 59.9 Å². The van der Waals surface area contributed by atoms with Crippen LogP contribution in [0.4, 0.5) is 5.69 Å². The molecule has 1 spiro atoms. The van der Waals surface area contributed by atoms with E-state index in [1.54, 1.807) is 26.2 Å². The number of methoxy groups -OCH3 is 3. The summed E-state index contributed by atoms with van der Waals surface area (Å²) in [5.41, 5.74) is 7.22. The minimum Gasteiger partial charge on any atom is -0.497 e. The van der Waals surface area contributed by atoms with Crippen LogP contribution < -0.4 is 23.8 Å². The van der Waals surface area contributed by atoms with E-state index in [2.05, 4.69) is 75.6 Å². The van der Waals surface area contributed by atoms with Gasteiger partial charge < -0.3 is 28.6 Å². The Bertz CT molecular complexity index is 2110. The molecule has 1 atom stereocenters. The highest BCUT2D eigenvalue weighted by molar-refractivity contribution is 7.97. The number of carbonyl (C=O) groups is 1. The number of ether oxygens (including phenoxy) is 5. The average molecular weight is 836 g/mol. The van der Waals surface area contributed by atoms with Gasteiger partial charge in [-0.25, -0.2) is 4.31 Å².